The summed E-state index contributed by atoms with van der Waals surface area (Å²) in [5.74, 6) is 0.880. The first-order valence-corrected chi connectivity index (χ1v) is 5.83. The highest BCUT2D eigenvalue weighted by molar-refractivity contribution is 5.45. The molecule has 0 saturated heterocycles. The molecule has 0 radical (unpaired) electrons. The second kappa shape index (κ2) is 4.67. The lowest BCUT2D eigenvalue weighted by atomic mass is 10.1. The van der Waals surface area contributed by atoms with Crippen molar-refractivity contribution in [1.29, 1.82) is 0 Å². The SMILES string of the molecule is CC1CCC(Nc2ccc(CN)cc2)C1. The summed E-state index contributed by atoms with van der Waals surface area (Å²) >= 11 is 0. The van der Waals surface area contributed by atoms with Crippen LogP contribution in [-0.2, 0) is 6.54 Å². The van der Waals surface area contributed by atoms with Gasteiger partial charge in [-0.2, -0.15) is 0 Å². The Morgan fingerprint density at radius 3 is 2.53 bits per heavy atom. The minimum absolute atomic E-state index is 0.626. The quantitative estimate of drug-likeness (QED) is 0.794. The molecule has 2 nitrogen and oxygen atoms in total. The van der Waals surface area contributed by atoms with Gasteiger partial charge in [0.2, 0.25) is 0 Å². The van der Waals surface area contributed by atoms with Crippen molar-refractivity contribution in [3.05, 3.63) is 29.8 Å². The molecule has 0 bridgehead atoms. The minimum atomic E-state index is 0.626. The van der Waals surface area contributed by atoms with Crippen LogP contribution in [0.5, 0.6) is 0 Å². The van der Waals surface area contributed by atoms with E-state index >= 15 is 0 Å². The number of nitrogens with two attached hydrogens (primary N) is 1. The minimum Gasteiger partial charge on any atom is -0.382 e. The first-order valence-electron chi connectivity index (χ1n) is 5.83. The van der Waals surface area contributed by atoms with Gasteiger partial charge in [-0.15, -0.1) is 0 Å². The molecule has 1 aliphatic rings. The van der Waals surface area contributed by atoms with Gasteiger partial charge in [0, 0.05) is 18.3 Å². The summed E-state index contributed by atoms with van der Waals surface area (Å²) in [5, 5.41) is 3.58. The van der Waals surface area contributed by atoms with Crippen molar-refractivity contribution < 1.29 is 0 Å². The highest BCUT2D eigenvalue weighted by Crippen LogP contribution is 2.27. The van der Waals surface area contributed by atoms with Crippen LogP contribution in [0, 0.1) is 5.92 Å². The fourth-order valence-corrected chi connectivity index (χ4v) is 2.31. The Morgan fingerprint density at radius 1 is 1.27 bits per heavy atom. The maximum absolute atomic E-state index is 5.56. The summed E-state index contributed by atoms with van der Waals surface area (Å²) in [4.78, 5) is 0. The van der Waals surface area contributed by atoms with E-state index in [1.165, 1.54) is 30.5 Å². The molecular weight excluding hydrogens is 184 g/mol. The summed E-state index contributed by atoms with van der Waals surface area (Å²) in [5.41, 5.74) is 7.98. The summed E-state index contributed by atoms with van der Waals surface area (Å²) in [7, 11) is 0. The average molecular weight is 204 g/mol. The van der Waals surface area contributed by atoms with Crippen LogP contribution in [0.1, 0.15) is 31.7 Å². The van der Waals surface area contributed by atoms with E-state index in [0.717, 1.165) is 5.92 Å². The van der Waals surface area contributed by atoms with Crippen molar-refractivity contribution >= 4 is 5.69 Å². The van der Waals surface area contributed by atoms with E-state index in [4.69, 9.17) is 5.73 Å². The molecule has 82 valence electrons. The van der Waals surface area contributed by atoms with Crippen molar-refractivity contribution in [2.24, 2.45) is 11.7 Å². The van der Waals surface area contributed by atoms with E-state index in [0.29, 0.717) is 12.6 Å². The Labute approximate surface area is 91.9 Å². The first-order chi connectivity index (χ1) is 7.28. The fraction of sp³-hybridized carbons (Fsp3) is 0.538. The molecule has 0 spiro atoms. The lowest BCUT2D eigenvalue weighted by Crippen LogP contribution is -2.15. The average Bonchev–Trinajstić information content (AvgIpc) is 2.65. The maximum Gasteiger partial charge on any atom is 0.0342 e. The van der Waals surface area contributed by atoms with Crippen molar-refractivity contribution in [3.63, 3.8) is 0 Å². The Kier molecular flexibility index (Phi) is 3.27. The highest BCUT2D eigenvalue weighted by Gasteiger charge is 2.20. The normalized spacial score (nSPS) is 25.5. The standard InChI is InChI=1S/C13H20N2/c1-10-2-5-13(8-10)15-12-6-3-11(9-14)4-7-12/h3-4,6-7,10,13,15H,2,5,8-9,14H2,1H3. The molecule has 2 heteroatoms. The highest BCUT2D eigenvalue weighted by atomic mass is 14.9. The van der Waals surface area contributed by atoms with Crippen LogP contribution in [-0.4, -0.2) is 6.04 Å². The maximum atomic E-state index is 5.56. The second-order valence-electron chi connectivity index (χ2n) is 4.66. The molecule has 2 rings (SSSR count). The third kappa shape index (κ3) is 2.72. The number of anilines is 1. The largest absolute Gasteiger partial charge is 0.382 e. The van der Waals surface area contributed by atoms with Gasteiger partial charge in [0.05, 0.1) is 0 Å². The third-order valence-corrected chi connectivity index (χ3v) is 3.26. The van der Waals surface area contributed by atoms with Gasteiger partial charge in [-0.25, -0.2) is 0 Å². The van der Waals surface area contributed by atoms with Gasteiger partial charge in [0.15, 0.2) is 0 Å². The van der Waals surface area contributed by atoms with Gasteiger partial charge in [0.1, 0.15) is 0 Å². The monoisotopic (exact) mass is 204 g/mol. The zero-order chi connectivity index (χ0) is 10.7. The third-order valence-electron chi connectivity index (χ3n) is 3.26. The molecule has 1 aromatic rings. The van der Waals surface area contributed by atoms with Gasteiger partial charge < -0.3 is 11.1 Å². The van der Waals surface area contributed by atoms with E-state index in [1.54, 1.807) is 0 Å². The van der Waals surface area contributed by atoms with Gasteiger partial charge in [-0.3, -0.25) is 0 Å². The molecule has 0 heterocycles. The summed E-state index contributed by atoms with van der Waals surface area (Å²) in [6, 6.07) is 9.13. The molecule has 0 aliphatic heterocycles. The summed E-state index contributed by atoms with van der Waals surface area (Å²) < 4.78 is 0. The number of nitrogens with one attached hydrogen (secondary N) is 1. The molecule has 1 saturated carbocycles. The van der Waals surface area contributed by atoms with Crippen LogP contribution in [0.15, 0.2) is 24.3 Å². The van der Waals surface area contributed by atoms with Crippen molar-refractivity contribution in [2.45, 2.75) is 38.8 Å². The molecule has 15 heavy (non-hydrogen) atoms. The topological polar surface area (TPSA) is 38.0 Å². The molecule has 3 N–H and O–H groups in total. The van der Waals surface area contributed by atoms with E-state index in [-0.39, 0.29) is 0 Å². The van der Waals surface area contributed by atoms with Gasteiger partial charge in [-0.1, -0.05) is 19.1 Å². The predicted molar refractivity (Wildman–Crippen MR) is 64.8 cm³/mol. The van der Waals surface area contributed by atoms with E-state index < -0.39 is 0 Å². The lowest BCUT2D eigenvalue weighted by molar-refractivity contribution is 0.602. The van der Waals surface area contributed by atoms with E-state index in [9.17, 15) is 0 Å². The van der Waals surface area contributed by atoms with Crippen molar-refractivity contribution in [3.8, 4) is 0 Å². The van der Waals surface area contributed by atoms with E-state index in [2.05, 4.69) is 36.5 Å². The Balaban J connectivity index is 1.93. The van der Waals surface area contributed by atoms with Gasteiger partial charge >= 0.3 is 0 Å². The Morgan fingerprint density at radius 2 is 2.00 bits per heavy atom. The second-order valence-corrected chi connectivity index (χ2v) is 4.66. The van der Waals surface area contributed by atoms with Crippen LogP contribution in [0.3, 0.4) is 0 Å². The zero-order valence-electron chi connectivity index (χ0n) is 9.37. The number of hydrogen-bond donors (Lipinski definition) is 2. The Bertz CT molecular complexity index is 305. The Hall–Kier alpha value is -1.02. The van der Waals surface area contributed by atoms with Crippen LogP contribution >= 0.6 is 0 Å². The molecule has 2 unspecified atom stereocenters. The molecule has 1 aromatic carbocycles. The summed E-state index contributed by atoms with van der Waals surface area (Å²) in [6.07, 6.45) is 3.97. The number of benzene rings is 1. The van der Waals surface area contributed by atoms with Crippen LogP contribution in [0.2, 0.25) is 0 Å². The first kappa shape index (κ1) is 10.5. The van der Waals surface area contributed by atoms with E-state index in [1.807, 2.05) is 0 Å². The van der Waals surface area contributed by atoms with Gasteiger partial charge in [0.25, 0.3) is 0 Å². The number of rotatable bonds is 3. The molecule has 0 amide bonds. The van der Waals surface area contributed by atoms with Crippen molar-refractivity contribution in [1.82, 2.24) is 0 Å². The molecular formula is C13H20N2. The number of hydrogen-bond acceptors (Lipinski definition) is 2. The summed E-state index contributed by atoms with van der Waals surface area (Å²) in [6.45, 7) is 2.96. The zero-order valence-corrected chi connectivity index (χ0v) is 9.37. The predicted octanol–water partition coefficient (Wildman–Crippen LogP) is 2.75. The smallest absolute Gasteiger partial charge is 0.0342 e. The van der Waals surface area contributed by atoms with Crippen LogP contribution < -0.4 is 11.1 Å². The van der Waals surface area contributed by atoms with Crippen molar-refractivity contribution in [2.75, 3.05) is 5.32 Å². The van der Waals surface area contributed by atoms with Crippen LogP contribution in [0.4, 0.5) is 5.69 Å². The van der Waals surface area contributed by atoms with Gasteiger partial charge in [-0.05, 0) is 42.9 Å². The lowest BCUT2D eigenvalue weighted by Gasteiger charge is -2.14. The molecule has 1 fully saturated rings. The molecule has 0 aromatic heterocycles. The van der Waals surface area contributed by atoms with Crippen LogP contribution in [0.25, 0.3) is 0 Å². The fourth-order valence-electron chi connectivity index (χ4n) is 2.31. The molecule has 1 aliphatic carbocycles. The molecule has 2 atom stereocenters.